The predicted molar refractivity (Wildman–Crippen MR) is 115 cm³/mol. The fraction of sp³-hybridized carbons (Fsp3) is 0.435. The van der Waals surface area contributed by atoms with Crippen molar-refractivity contribution in [1.82, 2.24) is 9.88 Å². The number of piperidine rings is 1. The van der Waals surface area contributed by atoms with Crippen molar-refractivity contribution in [3.8, 4) is 0 Å². The number of rotatable bonds is 5. The molecule has 7 nitrogen and oxygen atoms in total. The number of aromatic nitrogens is 1. The Kier molecular flexibility index (Phi) is 5.00. The highest BCUT2D eigenvalue weighted by atomic mass is 19.1. The second-order valence-corrected chi connectivity index (χ2v) is 8.72. The molecule has 162 valence electrons. The molecule has 0 unspecified atom stereocenters. The van der Waals surface area contributed by atoms with Gasteiger partial charge in [0.25, 0.3) is 5.91 Å². The van der Waals surface area contributed by atoms with Crippen LogP contribution < -0.4 is 16.4 Å². The number of benzene rings is 1. The number of anilines is 2. The maximum Gasteiger partial charge on any atom is 0.252 e. The number of amides is 2. The first kappa shape index (κ1) is 19.8. The number of primary amides is 1. The molecular formula is C23H26FN5O2. The van der Waals surface area contributed by atoms with Crippen molar-refractivity contribution in [2.75, 3.05) is 17.2 Å². The number of hydrogen-bond acceptors (Lipinski definition) is 5. The summed E-state index contributed by atoms with van der Waals surface area (Å²) in [4.78, 5) is 31.4. The van der Waals surface area contributed by atoms with Gasteiger partial charge in [0, 0.05) is 36.4 Å². The van der Waals surface area contributed by atoms with Crippen molar-refractivity contribution in [2.45, 2.75) is 56.7 Å². The number of carbonyl (C=O) groups is 2. The molecule has 0 saturated carbocycles. The average Bonchev–Trinajstić information content (AvgIpc) is 3.32. The molecule has 2 amide bonds. The van der Waals surface area contributed by atoms with Gasteiger partial charge in [0.2, 0.25) is 5.91 Å². The summed E-state index contributed by atoms with van der Waals surface area (Å²) >= 11 is 0. The van der Waals surface area contributed by atoms with E-state index < -0.39 is 5.91 Å². The molecule has 31 heavy (non-hydrogen) atoms. The highest BCUT2D eigenvalue weighted by Gasteiger charge is 2.43. The van der Waals surface area contributed by atoms with Gasteiger partial charge in [-0.05, 0) is 49.8 Å². The van der Waals surface area contributed by atoms with Crippen molar-refractivity contribution in [3.63, 3.8) is 0 Å². The van der Waals surface area contributed by atoms with Crippen LogP contribution in [0.2, 0.25) is 0 Å². The van der Waals surface area contributed by atoms with Crippen molar-refractivity contribution < 1.29 is 14.0 Å². The number of halogens is 1. The number of nitrogens with two attached hydrogens (primary N) is 1. The Bertz CT molecular complexity index is 1010. The monoisotopic (exact) mass is 423 g/mol. The quantitative estimate of drug-likeness (QED) is 0.686. The summed E-state index contributed by atoms with van der Waals surface area (Å²) in [7, 11) is 0. The fourth-order valence-corrected chi connectivity index (χ4v) is 5.38. The Labute approximate surface area is 180 Å². The minimum Gasteiger partial charge on any atom is -0.381 e. The molecule has 4 heterocycles. The second-order valence-electron chi connectivity index (χ2n) is 8.72. The smallest absolute Gasteiger partial charge is 0.252 e. The number of nitrogens with zero attached hydrogens (tertiary/aromatic N) is 2. The van der Waals surface area contributed by atoms with Gasteiger partial charge in [-0.15, -0.1) is 0 Å². The van der Waals surface area contributed by atoms with E-state index in [1.807, 2.05) is 4.90 Å². The van der Waals surface area contributed by atoms with E-state index in [9.17, 15) is 14.0 Å². The van der Waals surface area contributed by atoms with E-state index in [2.05, 4.69) is 15.6 Å². The van der Waals surface area contributed by atoms with Crippen LogP contribution in [0.15, 0.2) is 30.5 Å². The third kappa shape index (κ3) is 3.71. The molecule has 3 aliphatic rings. The highest BCUT2D eigenvalue weighted by Crippen LogP contribution is 2.39. The normalized spacial score (nSPS) is 23.9. The number of hydrogen-bond donors (Lipinski definition) is 3. The van der Waals surface area contributed by atoms with E-state index in [4.69, 9.17) is 5.73 Å². The van der Waals surface area contributed by atoms with Crippen LogP contribution in [0, 0.1) is 5.82 Å². The third-order valence-corrected chi connectivity index (χ3v) is 6.75. The van der Waals surface area contributed by atoms with Crippen LogP contribution in [0.4, 0.5) is 15.9 Å². The maximum absolute atomic E-state index is 13.2. The molecule has 3 aliphatic heterocycles. The predicted octanol–water partition coefficient (Wildman–Crippen LogP) is 2.46. The Balaban J connectivity index is 1.31. The Morgan fingerprint density at radius 2 is 1.90 bits per heavy atom. The third-order valence-electron chi connectivity index (χ3n) is 6.75. The van der Waals surface area contributed by atoms with Crippen LogP contribution in [0.3, 0.4) is 0 Å². The van der Waals surface area contributed by atoms with Gasteiger partial charge < -0.3 is 21.3 Å². The highest BCUT2D eigenvalue weighted by molar-refractivity contribution is 6.00. The van der Waals surface area contributed by atoms with E-state index in [0.29, 0.717) is 12.0 Å². The molecule has 4 N–H and O–H groups in total. The molecule has 0 spiro atoms. The van der Waals surface area contributed by atoms with Gasteiger partial charge in [-0.1, -0.05) is 12.1 Å². The number of fused-ring (bicyclic) bond motifs is 3. The molecule has 2 aromatic rings. The summed E-state index contributed by atoms with van der Waals surface area (Å²) in [6.45, 7) is 0.792. The number of carbonyl (C=O) groups excluding carboxylic acids is 2. The Morgan fingerprint density at radius 3 is 2.58 bits per heavy atom. The van der Waals surface area contributed by atoms with Crippen LogP contribution in [-0.2, 0) is 17.6 Å². The average molecular weight is 423 g/mol. The van der Waals surface area contributed by atoms with Crippen molar-refractivity contribution in [1.29, 1.82) is 0 Å². The lowest BCUT2D eigenvalue weighted by Gasteiger charge is -2.40. The van der Waals surface area contributed by atoms with E-state index in [1.165, 1.54) is 18.3 Å². The number of nitrogens with one attached hydrogen (secondary N) is 2. The van der Waals surface area contributed by atoms with Crippen molar-refractivity contribution >= 4 is 23.3 Å². The molecule has 2 bridgehead atoms. The van der Waals surface area contributed by atoms with Crippen molar-refractivity contribution in [2.24, 2.45) is 5.73 Å². The van der Waals surface area contributed by atoms with E-state index in [-0.39, 0.29) is 29.8 Å². The lowest BCUT2D eigenvalue weighted by atomic mass is 9.95. The van der Waals surface area contributed by atoms with Crippen LogP contribution >= 0.6 is 0 Å². The lowest BCUT2D eigenvalue weighted by Crippen LogP contribution is -2.50. The zero-order chi connectivity index (χ0) is 21.5. The topological polar surface area (TPSA) is 100 Å². The first-order chi connectivity index (χ1) is 15.0. The first-order valence-electron chi connectivity index (χ1n) is 10.9. The molecule has 1 aromatic carbocycles. The first-order valence-corrected chi connectivity index (χ1v) is 10.9. The molecule has 2 fully saturated rings. The van der Waals surface area contributed by atoms with Gasteiger partial charge in [0.15, 0.2) is 0 Å². The Hall–Kier alpha value is -3.16. The molecule has 0 aliphatic carbocycles. The van der Waals surface area contributed by atoms with Gasteiger partial charge in [-0.25, -0.2) is 9.37 Å². The standard InChI is InChI=1S/C23H26FN5O2/c24-14-3-1-13(2-4-14)9-20(30)29-16-5-6-17(29)11-15(10-16)28-21-18-7-8-26-23(18)27-12-19(21)22(25)31/h1-4,12,15-17H,5-11H2,(H2,25,31)(H2,26,27,28)/t15-,16-,17+. The number of pyridine rings is 1. The van der Waals surface area contributed by atoms with Crippen LogP contribution in [-0.4, -0.2) is 46.4 Å². The summed E-state index contributed by atoms with van der Waals surface area (Å²) in [5, 5.41) is 6.83. The summed E-state index contributed by atoms with van der Waals surface area (Å²) in [6, 6.07) is 6.65. The van der Waals surface area contributed by atoms with Gasteiger partial charge in [0.1, 0.15) is 11.6 Å². The van der Waals surface area contributed by atoms with Gasteiger partial charge in [-0.3, -0.25) is 9.59 Å². The molecule has 3 atom stereocenters. The molecule has 8 heteroatoms. The molecular weight excluding hydrogens is 397 g/mol. The molecule has 1 aromatic heterocycles. The minimum atomic E-state index is -0.486. The van der Waals surface area contributed by atoms with Crippen LogP contribution in [0.5, 0.6) is 0 Å². The van der Waals surface area contributed by atoms with Gasteiger partial charge in [-0.2, -0.15) is 0 Å². The van der Waals surface area contributed by atoms with Gasteiger partial charge in [0.05, 0.1) is 17.7 Å². The molecule has 0 radical (unpaired) electrons. The second kappa shape index (κ2) is 7.83. The maximum atomic E-state index is 13.2. The summed E-state index contributed by atoms with van der Waals surface area (Å²) in [5.74, 6) is 0.127. The van der Waals surface area contributed by atoms with Crippen LogP contribution in [0.25, 0.3) is 0 Å². The zero-order valence-corrected chi connectivity index (χ0v) is 17.2. The fourth-order valence-electron chi connectivity index (χ4n) is 5.38. The van der Waals surface area contributed by atoms with E-state index >= 15 is 0 Å². The van der Waals surface area contributed by atoms with Crippen LogP contribution in [0.1, 0.15) is 47.2 Å². The minimum absolute atomic E-state index is 0.101. The van der Waals surface area contributed by atoms with Gasteiger partial charge >= 0.3 is 0 Å². The largest absolute Gasteiger partial charge is 0.381 e. The summed E-state index contributed by atoms with van der Waals surface area (Å²) < 4.78 is 13.2. The van der Waals surface area contributed by atoms with Crippen molar-refractivity contribution in [3.05, 3.63) is 53.0 Å². The molecule has 5 rings (SSSR count). The summed E-state index contributed by atoms with van der Waals surface area (Å²) in [5.41, 5.74) is 8.66. The Morgan fingerprint density at radius 1 is 1.19 bits per heavy atom. The SMILES string of the molecule is NC(=O)c1cnc2c(c1N[C@@H]1C[C@H]3CC[C@@H](C1)N3C(=O)Cc1ccc(F)cc1)CCN2. The van der Waals surface area contributed by atoms with E-state index in [1.54, 1.807) is 12.1 Å². The molecule has 2 saturated heterocycles. The zero-order valence-electron chi connectivity index (χ0n) is 17.2. The summed E-state index contributed by atoms with van der Waals surface area (Å²) in [6.07, 6.45) is 6.25. The van der Waals surface area contributed by atoms with E-state index in [0.717, 1.165) is 61.3 Å². The lowest BCUT2D eigenvalue weighted by molar-refractivity contribution is -0.134.